The summed E-state index contributed by atoms with van der Waals surface area (Å²) in [6, 6.07) is 13.9. The van der Waals surface area contributed by atoms with E-state index < -0.39 is 0 Å². The van der Waals surface area contributed by atoms with Crippen molar-refractivity contribution in [2.24, 2.45) is 0 Å². The lowest BCUT2D eigenvalue weighted by molar-refractivity contribution is -0.117. The highest BCUT2D eigenvalue weighted by Gasteiger charge is 2.22. The summed E-state index contributed by atoms with van der Waals surface area (Å²) in [5, 5.41) is 3.06. The van der Waals surface area contributed by atoms with Crippen LogP contribution in [-0.2, 0) is 4.79 Å². The standard InChI is InChI=1S/C24H29N5O2/c1-18-6-4-9-22(19(18)2)26-23(30)17-27-12-14-28(15-13-27)24-25-10-11-29(24)20-7-5-8-21(16-20)31-3/h4-11,16H,12-15,17H2,1-3H3,(H,26,30). The molecule has 31 heavy (non-hydrogen) atoms. The number of ether oxygens (including phenoxy) is 1. The molecule has 162 valence electrons. The number of amides is 1. The summed E-state index contributed by atoms with van der Waals surface area (Å²) in [5.74, 6) is 1.75. The van der Waals surface area contributed by atoms with Crippen LogP contribution in [0.2, 0.25) is 0 Å². The fourth-order valence-corrected chi connectivity index (χ4v) is 3.88. The second-order valence-electron chi connectivity index (χ2n) is 7.86. The summed E-state index contributed by atoms with van der Waals surface area (Å²) in [4.78, 5) is 21.6. The Morgan fingerprint density at radius 1 is 1.10 bits per heavy atom. The number of hydrogen-bond donors (Lipinski definition) is 1. The van der Waals surface area contributed by atoms with E-state index in [1.807, 2.05) is 55.7 Å². The van der Waals surface area contributed by atoms with Gasteiger partial charge >= 0.3 is 0 Å². The van der Waals surface area contributed by atoms with Gasteiger partial charge in [0.25, 0.3) is 0 Å². The van der Waals surface area contributed by atoms with Crippen molar-refractivity contribution in [1.82, 2.24) is 14.5 Å². The number of hydrogen-bond acceptors (Lipinski definition) is 5. The number of benzene rings is 2. The maximum Gasteiger partial charge on any atom is 0.238 e. The van der Waals surface area contributed by atoms with Crippen LogP contribution in [-0.4, -0.2) is 60.2 Å². The predicted molar refractivity (Wildman–Crippen MR) is 123 cm³/mol. The zero-order valence-electron chi connectivity index (χ0n) is 18.3. The number of rotatable bonds is 6. The molecule has 0 aliphatic carbocycles. The summed E-state index contributed by atoms with van der Waals surface area (Å²) in [6.45, 7) is 7.74. The number of nitrogens with one attached hydrogen (secondary N) is 1. The van der Waals surface area contributed by atoms with Crippen LogP contribution in [0.25, 0.3) is 5.69 Å². The van der Waals surface area contributed by atoms with Crippen molar-refractivity contribution in [3.8, 4) is 11.4 Å². The molecule has 0 spiro atoms. The summed E-state index contributed by atoms with van der Waals surface area (Å²) < 4.78 is 7.43. The highest BCUT2D eigenvalue weighted by molar-refractivity contribution is 5.93. The van der Waals surface area contributed by atoms with Gasteiger partial charge in [-0.1, -0.05) is 18.2 Å². The zero-order valence-corrected chi connectivity index (χ0v) is 18.3. The van der Waals surface area contributed by atoms with Gasteiger partial charge in [-0.05, 0) is 43.2 Å². The average Bonchev–Trinajstić information content (AvgIpc) is 3.27. The Bertz CT molecular complexity index is 1050. The molecule has 4 rings (SSSR count). The molecule has 0 unspecified atom stereocenters. The smallest absolute Gasteiger partial charge is 0.238 e. The van der Waals surface area contributed by atoms with Gasteiger partial charge in [0.05, 0.1) is 19.3 Å². The van der Waals surface area contributed by atoms with E-state index in [1.54, 1.807) is 7.11 Å². The number of methoxy groups -OCH3 is 1. The lowest BCUT2D eigenvalue weighted by Crippen LogP contribution is -2.49. The van der Waals surface area contributed by atoms with Crippen LogP contribution in [0.5, 0.6) is 5.75 Å². The molecule has 0 saturated carbocycles. The van der Waals surface area contributed by atoms with E-state index >= 15 is 0 Å². The Kier molecular flexibility index (Phi) is 6.23. The van der Waals surface area contributed by atoms with Gasteiger partial charge in [0.2, 0.25) is 11.9 Å². The fraction of sp³-hybridized carbons (Fsp3) is 0.333. The second-order valence-corrected chi connectivity index (χ2v) is 7.86. The maximum absolute atomic E-state index is 12.6. The van der Waals surface area contributed by atoms with E-state index in [0.717, 1.165) is 54.8 Å². The third kappa shape index (κ3) is 4.72. The van der Waals surface area contributed by atoms with E-state index in [1.165, 1.54) is 5.56 Å². The number of carbonyl (C=O) groups is 1. The van der Waals surface area contributed by atoms with E-state index in [9.17, 15) is 4.79 Å². The van der Waals surface area contributed by atoms with Crippen molar-refractivity contribution in [1.29, 1.82) is 0 Å². The SMILES string of the molecule is COc1cccc(-n2ccnc2N2CCN(CC(=O)Nc3cccc(C)c3C)CC2)c1. The van der Waals surface area contributed by atoms with Crippen molar-refractivity contribution < 1.29 is 9.53 Å². The van der Waals surface area contributed by atoms with Crippen LogP contribution in [0.15, 0.2) is 54.9 Å². The Balaban J connectivity index is 1.36. The summed E-state index contributed by atoms with van der Waals surface area (Å²) >= 11 is 0. The minimum absolute atomic E-state index is 0.0278. The molecule has 1 N–H and O–H groups in total. The topological polar surface area (TPSA) is 62.6 Å². The molecule has 1 aliphatic rings. The number of anilines is 2. The van der Waals surface area contributed by atoms with Gasteiger partial charge in [-0.2, -0.15) is 0 Å². The Hall–Kier alpha value is -3.32. The van der Waals surface area contributed by atoms with Crippen LogP contribution >= 0.6 is 0 Å². The number of piperazine rings is 1. The molecule has 2 aromatic carbocycles. The van der Waals surface area contributed by atoms with Crippen LogP contribution in [0.1, 0.15) is 11.1 Å². The van der Waals surface area contributed by atoms with Gasteiger partial charge in [0, 0.05) is 50.3 Å². The molecule has 1 saturated heterocycles. The Morgan fingerprint density at radius 3 is 2.65 bits per heavy atom. The lowest BCUT2D eigenvalue weighted by atomic mass is 10.1. The van der Waals surface area contributed by atoms with Crippen LogP contribution in [0.3, 0.4) is 0 Å². The van der Waals surface area contributed by atoms with Gasteiger partial charge < -0.3 is 15.0 Å². The average molecular weight is 420 g/mol. The molecule has 1 aromatic heterocycles. The van der Waals surface area contributed by atoms with Gasteiger partial charge in [-0.25, -0.2) is 4.98 Å². The van der Waals surface area contributed by atoms with Gasteiger partial charge in [0.15, 0.2) is 0 Å². The minimum Gasteiger partial charge on any atom is -0.497 e. The molecule has 0 radical (unpaired) electrons. The van der Waals surface area contributed by atoms with Gasteiger partial charge in [0.1, 0.15) is 5.75 Å². The van der Waals surface area contributed by atoms with E-state index in [-0.39, 0.29) is 5.91 Å². The molecule has 1 aliphatic heterocycles. The molecule has 0 atom stereocenters. The van der Waals surface area contributed by atoms with E-state index in [4.69, 9.17) is 4.74 Å². The van der Waals surface area contributed by atoms with Crippen LogP contribution < -0.4 is 15.0 Å². The molecule has 1 fully saturated rings. The molecule has 7 heteroatoms. The molecular formula is C24H29N5O2. The maximum atomic E-state index is 12.6. The molecule has 2 heterocycles. The molecular weight excluding hydrogens is 390 g/mol. The van der Waals surface area contributed by atoms with Gasteiger partial charge in [-0.15, -0.1) is 0 Å². The summed E-state index contributed by atoms with van der Waals surface area (Å²) in [5.41, 5.74) is 4.20. The van der Waals surface area contributed by atoms with E-state index in [2.05, 4.69) is 37.7 Å². The van der Waals surface area contributed by atoms with Crippen LogP contribution in [0.4, 0.5) is 11.6 Å². The van der Waals surface area contributed by atoms with Crippen molar-refractivity contribution in [2.75, 3.05) is 50.1 Å². The number of nitrogens with zero attached hydrogens (tertiary/aromatic N) is 4. The number of imidazole rings is 1. The van der Waals surface area contributed by atoms with Crippen molar-refractivity contribution in [3.05, 3.63) is 66.0 Å². The third-order valence-electron chi connectivity index (χ3n) is 5.85. The Labute approximate surface area is 183 Å². The number of aromatic nitrogens is 2. The minimum atomic E-state index is 0.0278. The lowest BCUT2D eigenvalue weighted by Gasteiger charge is -2.35. The molecule has 7 nitrogen and oxygen atoms in total. The molecule has 1 amide bonds. The Morgan fingerprint density at radius 2 is 1.87 bits per heavy atom. The summed E-state index contributed by atoms with van der Waals surface area (Å²) in [7, 11) is 1.67. The number of carbonyl (C=O) groups excluding carboxylic acids is 1. The van der Waals surface area contributed by atoms with Crippen LogP contribution in [0, 0.1) is 13.8 Å². The summed E-state index contributed by atoms with van der Waals surface area (Å²) in [6.07, 6.45) is 3.78. The fourth-order valence-electron chi connectivity index (χ4n) is 3.88. The first-order valence-corrected chi connectivity index (χ1v) is 10.6. The monoisotopic (exact) mass is 419 g/mol. The first-order valence-electron chi connectivity index (χ1n) is 10.6. The first kappa shape index (κ1) is 20.9. The van der Waals surface area contributed by atoms with Crippen molar-refractivity contribution in [3.63, 3.8) is 0 Å². The predicted octanol–water partition coefficient (Wildman–Crippen LogP) is 3.26. The van der Waals surface area contributed by atoms with Gasteiger partial charge in [-0.3, -0.25) is 14.3 Å². The molecule has 3 aromatic rings. The number of aryl methyl sites for hydroxylation is 1. The largest absolute Gasteiger partial charge is 0.497 e. The van der Waals surface area contributed by atoms with Crippen molar-refractivity contribution >= 4 is 17.5 Å². The first-order chi connectivity index (χ1) is 15.0. The second kappa shape index (κ2) is 9.22. The highest BCUT2D eigenvalue weighted by atomic mass is 16.5. The van der Waals surface area contributed by atoms with E-state index in [0.29, 0.717) is 6.54 Å². The quantitative estimate of drug-likeness (QED) is 0.665. The van der Waals surface area contributed by atoms with Crippen molar-refractivity contribution in [2.45, 2.75) is 13.8 Å². The normalized spacial score (nSPS) is 14.5. The molecule has 0 bridgehead atoms. The highest BCUT2D eigenvalue weighted by Crippen LogP contribution is 2.23. The zero-order chi connectivity index (χ0) is 21.8. The third-order valence-corrected chi connectivity index (χ3v) is 5.85.